The zero-order valence-electron chi connectivity index (χ0n) is 13.4. The van der Waals surface area contributed by atoms with E-state index < -0.39 is 10.0 Å². The van der Waals surface area contributed by atoms with E-state index in [1.165, 1.54) is 31.4 Å². The molecule has 0 aromatic heterocycles. The van der Waals surface area contributed by atoms with E-state index in [-0.39, 0.29) is 10.7 Å². The fourth-order valence-corrected chi connectivity index (χ4v) is 3.51. The summed E-state index contributed by atoms with van der Waals surface area (Å²) in [6.45, 7) is 0. The zero-order valence-corrected chi connectivity index (χ0v) is 14.3. The molecular weight excluding hydrogens is 341 g/mol. The third-order valence-corrected chi connectivity index (χ3v) is 5.06. The van der Waals surface area contributed by atoms with Crippen molar-refractivity contribution in [1.82, 2.24) is 0 Å². The number of ether oxygens (including phenoxy) is 1. The number of benzene rings is 3. The Bertz CT molecular complexity index is 971. The second-order valence-corrected chi connectivity index (χ2v) is 7.02. The van der Waals surface area contributed by atoms with Gasteiger partial charge < -0.3 is 4.74 Å². The molecule has 3 aromatic carbocycles. The van der Waals surface area contributed by atoms with Gasteiger partial charge in [-0.1, -0.05) is 30.3 Å². The molecule has 3 aromatic rings. The molecule has 0 radical (unpaired) electrons. The summed E-state index contributed by atoms with van der Waals surface area (Å²) in [6, 6.07) is 18.9. The van der Waals surface area contributed by atoms with Crippen LogP contribution in [-0.2, 0) is 10.0 Å². The quantitative estimate of drug-likeness (QED) is 0.741. The predicted molar refractivity (Wildman–Crippen MR) is 95.6 cm³/mol. The number of methoxy groups -OCH3 is 1. The van der Waals surface area contributed by atoms with Crippen molar-refractivity contribution in [2.75, 3.05) is 11.8 Å². The Kier molecular flexibility index (Phi) is 4.72. The first-order valence-electron chi connectivity index (χ1n) is 7.51. The van der Waals surface area contributed by atoms with Crippen LogP contribution in [-0.4, -0.2) is 15.5 Å². The number of rotatable bonds is 5. The normalized spacial score (nSPS) is 11.1. The molecule has 128 valence electrons. The predicted octanol–water partition coefficient (Wildman–Crippen LogP) is 4.30. The van der Waals surface area contributed by atoms with Crippen molar-refractivity contribution in [3.8, 4) is 16.9 Å². The van der Waals surface area contributed by atoms with Gasteiger partial charge >= 0.3 is 0 Å². The van der Waals surface area contributed by atoms with E-state index in [0.29, 0.717) is 22.6 Å². The molecule has 0 unspecified atom stereocenters. The van der Waals surface area contributed by atoms with Gasteiger partial charge in [-0.2, -0.15) is 0 Å². The molecule has 1 N–H and O–H groups in total. The minimum absolute atomic E-state index is 0.163. The van der Waals surface area contributed by atoms with Gasteiger partial charge in [0.25, 0.3) is 10.0 Å². The van der Waals surface area contributed by atoms with Crippen molar-refractivity contribution in [2.45, 2.75) is 4.90 Å². The SMILES string of the molecule is COc1ccc(NS(=O)(=O)c2ccccc2)c(-c2ccc(F)cc2)c1. The van der Waals surface area contributed by atoms with Crippen LogP contribution in [0.25, 0.3) is 11.1 Å². The molecule has 0 amide bonds. The fourth-order valence-electron chi connectivity index (χ4n) is 2.41. The summed E-state index contributed by atoms with van der Waals surface area (Å²) < 4.78 is 46.2. The molecule has 0 aliphatic carbocycles. The first-order chi connectivity index (χ1) is 12.0. The Hall–Kier alpha value is -2.86. The number of hydrogen-bond donors (Lipinski definition) is 1. The summed E-state index contributed by atoms with van der Waals surface area (Å²) in [7, 11) is -2.21. The molecule has 0 heterocycles. The van der Waals surface area contributed by atoms with Gasteiger partial charge in [-0.25, -0.2) is 12.8 Å². The molecule has 0 fully saturated rings. The van der Waals surface area contributed by atoms with E-state index in [0.717, 1.165) is 0 Å². The topological polar surface area (TPSA) is 55.4 Å². The number of anilines is 1. The molecule has 3 rings (SSSR count). The van der Waals surface area contributed by atoms with Gasteiger partial charge in [-0.05, 0) is 48.0 Å². The van der Waals surface area contributed by atoms with Crippen LogP contribution in [0.4, 0.5) is 10.1 Å². The second-order valence-electron chi connectivity index (χ2n) is 5.34. The van der Waals surface area contributed by atoms with Crippen molar-refractivity contribution in [3.05, 3.63) is 78.6 Å². The Morgan fingerprint density at radius 3 is 2.24 bits per heavy atom. The maximum absolute atomic E-state index is 13.2. The highest BCUT2D eigenvalue weighted by atomic mass is 32.2. The van der Waals surface area contributed by atoms with Crippen LogP contribution in [0.3, 0.4) is 0 Å². The Morgan fingerprint density at radius 1 is 0.920 bits per heavy atom. The number of sulfonamides is 1. The lowest BCUT2D eigenvalue weighted by Gasteiger charge is -2.14. The minimum atomic E-state index is -3.74. The fraction of sp³-hybridized carbons (Fsp3) is 0.0526. The van der Waals surface area contributed by atoms with Crippen LogP contribution >= 0.6 is 0 Å². The molecule has 0 saturated carbocycles. The molecular formula is C19H16FNO3S. The van der Waals surface area contributed by atoms with Crippen LogP contribution in [0.5, 0.6) is 5.75 Å². The summed E-state index contributed by atoms with van der Waals surface area (Å²) in [5.41, 5.74) is 1.65. The van der Waals surface area contributed by atoms with Gasteiger partial charge in [-0.3, -0.25) is 4.72 Å². The first-order valence-corrected chi connectivity index (χ1v) is 9.00. The van der Waals surface area contributed by atoms with Crippen LogP contribution in [0.2, 0.25) is 0 Å². The summed E-state index contributed by atoms with van der Waals surface area (Å²) in [4.78, 5) is 0.163. The monoisotopic (exact) mass is 357 g/mol. The highest BCUT2D eigenvalue weighted by molar-refractivity contribution is 7.92. The van der Waals surface area contributed by atoms with Crippen LogP contribution in [0.1, 0.15) is 0 Å². The maximum Gasteiger partial charge on any atom is 0.261 e. The molecule has 6 heteroatoms. The zero-order chi connectivity index (χ0) is 17.9. The highest BCUT2D eigenvalue weighted by Gasteiger charge is 2.17. The lowest BCUT2D eigenvalue weighted by atomic mass is 10.0. The van der Waals surface area contributed by atoms with Crippen molar-refractivity contribution in [1.29, 1.82) is 0 Å². The molecule has 4 nitrogen and oxygen atoms in total. The van der Waals surface area contributed by atoms with E-state index in [1.54, 1.807) is 48.5 Å². The lowest BCUT2D eigenvalue weighted by molar-refractivity contribution is 0.415. The second kappa shape index (κ2) is 6.94. The van der Waals surface area contributed by atoms with Gasteiger partial charge in [-0.15, -0.1) is 0 Å². The van der Waals surface area contributed by atoms with Crippen molar-refractivity contribution in [2.24, 2.45) is 0 Å². The van der Waals surface area contributed by atoms with Crippen molar-refractivity contribution < 1.29 is 17.5 Å². The van der Waals surface area contributed by atoms with Crippen LogP contribution in [0.15, 0.2) is 77.7 Å². The molecule has 25 heavy (non-hydrogen) atoms. The smallest absolute Gasteiger partial charge is 0.261 e. The summed E-state index contributed by atoms with van der Waals surface area (Å²) >= 11 is 0. The largest absolute Gasteiger partial charge is 0.497 e. The van der Waals surface area contributed by atoms with Crippen LogP contribution in [0, 0.1) is 5.82 Å². The molecule has 0 atom stereocenters. The first kappa shape index (κ1) is 17.0. The van der Waals surface area contributed by atoms with Crippen LogP contribution < -0.4 is 9.46 Å². The Labute approximate surface area is 146 Å². The number of hydrogen-bond acceptors (Lipinski definition) is 3. The Morgan fingerprint density at radius 2 is 1.60 bits per heavy atom. The van der Waals surface area contributed by atoms with Gasteiger partial charge in [0.15, 0.2) is 0 Å². The van der Waals surface area contributed by atoms with E-state index in [4.69, 9.17) is 4.74 Å². The standard InChI is InChI=1S/C19H16FNO3S/c1-24-16-11-12-19(18(13-16)14-7-9-15(20)10-8-14)21-25(22,23)17-5-3-2-4-6-17/h2-13,21H,1H3. The summed E-state index contributed by atoms with van der Waals surface area (Å²) in [5, 5.41) is 0. The molecule has 0 aliphatic heterocycles. The third kappa shape index (κ3) is 3.80. The molecule has 0 saturated heterocycles. The number of nitrogens with one attached hydrogen (secondary N) is 1. The Balaban J connectivity index is 2.06. The number of halogens is 1. The van der Waals surface area contributed by atoms with Gasteiger partial charge in [0.05, 0.1) is 17.7 Å². The maximum atomic E-state index is 13.2. The van der Waals surface area contributed by atoms with E-state index in [9.17, 15) is 12.8 Å². The van der Waals surface area contributed by atoms with Gasteiger partial charge in [0.2, 0.25) is 0 Å². The molecule has 0 spiro atoms. The van der Waals surface area contributed by atoms with Gasteiger partial charge in [0, 0.05) is 5.56 Å². The summed E-state index contributed by atoms with van der Waals surface area (Å²) in [5.74, 6) is 0.208. The van der Waals surface area contributed by atoms with Crippen molar-refractivity contribution >= 4 is 15.7 Å². The van der Waals surface area contributed by atoms with E-state index in [1.807, 2.05) is 0 Å². The minimum Gasteiger partial charge on any atom is -0.497 e. The highest BCUT2D eigenvalue weighted by Crippen LogP contribution is 2.33. The van der Waals surface area contributed by atoms with Gasteiger partial charge in [0.1, 0.15) is 11.6 Å². The molecule has 0 bridgehead atoms. The summed E-state index contributed by atoms with van der Waals surface area (Å²) in [6.07, 6.45) is 0. The van der Waals surface area contributed by atoms with E-state index in [2.05, 4.69) is 4.72 Å². The average Bonchev–Trinajstić information content (AvgIpc) is 2.63. The third-order valence-electron chi connectivity index (χ3n) is 3.68. The average molecular weight is 357 g/mol. The lowest BCUT2D eigenvalue weighted by Crippen LogP contribution is -2.13. The van der Waals surface area contributed by atoms with E-state index >= 15 is 0 Å². The van der Waals surface area contributed by atoms with Crippen molar-refractivity contribution in [3.63, 3.8) is 0 Å². The molecule has 0 aliphatic rings.